The molecule has 608 valence electrons. The van der Waals surface area contributed by atoms with Crippen molar-refractivity contribution in [2.75, 3.05) is 39.6 Å². The Balaban J connectivity index is 5.43. The number of unbranched alkanes of at least 4 members (excludes halogenated alkanes) is 29. The highest BCUT2D eigenvalue weighted by atomic mass is 31.2. The summed E-state index contributed by atoms with van der Waals surface area (Å²) in [6.45, 7) is 4.58. The molecular formula is C87H148O17P2. The number of hydrogen-bond acceptors (Lipinski definition) is 15. The van der Waals surface area contributed by atoms with Crippen molar-refractivity contribution < 1.29 is 80.2 Å². The van der Waals surface area contributed by atoms with Gasteiger partial charge in [0, 0.05) is 25.7 Å². The topological polar surface area (TPSA) is 237 Å². The smallest absolute Gasteiger partial charge is 0.462 e. The molecule has 0 amide bonds. The molecule has 0 spiro atoms. The zero-order valence-electron chi connectivity index (χ0n) is 66.6. The number of allylic oxidation sites excluding steroid dienone is 22. The average molecular weight is 1530 g/mol. The van der Waals surface area contributed by atoms with Gasteiger partial charge in [-0.2, -0.15) is 0 Å². The third-order valence-electron chi connectivity index (χ3n) is 17.1. The molecule has 0 heterocycles. The Morgan fingerprint density at radius 3 is 0.774 bits per heavy atom. The second-order valence-electron chi connectivity index (χ2n) is 27.3. The summed E-state index contributed by atoms with van der Waals surface area (Å²) in [4.78, 5) is 73.1. The lowest BCUT2D eigenvalue weighted by atomic mass is 10.1. The minimum atomic E-state index is -4.99. The van der Waals surface area contributed by atoms with E-state index in [1.165, 1.54) is 77.0 Å². The number of aliphatic hydroxyl groups excluding tert-OH is 1. The molecule has 0 aliphatic carbocycles. The van der Waals surface area contributed by atoms with Crippen LogP contribution in [0.5, 0.6) is 0 Å². The maximum Gasteiger partial charge on any atom is 0.472 e. The summed E-state index contributed by atoms with van der Waals surface area (Å²) in [5.41, 5.74) is 0. The van der Waals surface area contributed by atoms with Crippen LogP contribution >= 0.6 is 15.6 Å². The Bertz CT molecular complexity index is 2530. The highest BCUT2D eigenvalue weighted by molar-refractivity contribution is 7.47. The van der Waals surface area contributed by atoms with E-state index in [9.17, 15) is 43.2 Å². The van der Waals surface area contributed by atoms with E-state index in [-0.39, 0.29) is 25.7 Å². The molecule has 5 unspecified atom stereocenters. The number of ether oxygens (including phenoxy) is 4. The molecular weight excluding hydrogens is 1380 g/mol. The van der Waals surface area contributed by atoms with Gasteiger partial charge in [-0.15, -0.1) is 0 Å². The minimum absolute atomic E-state index is 0.0745. The van der Waals surface area contributed by atoms with Gasteiger partial charge in [-0.05, 0) is 161 Å². The molecule has 0 aromatic heterocycles. The number of hydrogen-bond donors (Lipinski definition) is 3. The Hall–Kier alpha value is -4.80. The van der Waals surface area contributed by atoms with Gasteiger partial charge >= 0.3 is 39.5 Å². The number of esters is 4. The Morgan fingerprint density at radius 2 is 0.491 bits per heavy atom. The van der Waals surface area contributed by atoms with Crippen LogP contribution in [0.3, 0.4) is 0 Å². The molecule has 0 radical (unpaired) electrons. The largest absolute Gasteiger partial charge is 0.472 e. The third kappa shape index (κ3) is 77.4. The van der Waals surface area contributed by atoms with Gasteiger partial charge in [0.25, 0.3) is 0 Å². The quantitative estimate of drug-likeness (QED) is 0.0169. The maximum atomic E-state index is 13.1. The number of carbonyl (C=O) groups is 4. The van der Waals surface area contributed by atoms with Crippen molar-refractivity contribution in [3.05, 3.63) is 134 Å². The van der Waals surface area contributed by atoms with Crippen LogP contribution in [0.25, 0.3) is 0 Å². The molecule has 106 heavy (non-hydrogen) atoms. The van der Waals surface area contributed by atoms with Gasteiger partial charge in [0.1, 0.15) is 19.3 Å². The number of rotatable bonds is 77. The molecule has 0 fully saturated rings. The highest BCUT2D eigenvalue weighted by Crippen LogP contribution is 2.45. The molecule has 17 nitrogen and oxygen atoms in total. The van der Waals surface area contributed by atoms with Crippen molar-refractivity contribution in [3.8, 4) is 0 Å². The molecule has 0 saturated heterocycles. The molecule has 0 saturated carbocycles. The van der Waals surface area contributed by atoms with Gasteiger partial charge in [-0.3, -0.25) is 37.3 Å². The normalized spacial score (nSPS) is 14.5. The van der Waals surface area contributed by atoms with E-state index in [2.05, 4.69) is 161 Å². The van der Waals surface area contributed by atoms with Crippen LogP contribution in [0.15, 0.2) is 134 Å². The number of aliphatic hydroxyl groups is 1. The number of carbonyl (C=O) groups excluding carboxylic acids is 4. The first-order chi connectivity index (χ1) is 51.7. The summed E-state index contributed by atoms with van der Waals surface area (Å²) >= 11 is 0. The summed E-state index contributed by atoms with van der Waals surface area (Å²) in [6, 6.07) is 0. The number of phosphoric ester groups is 2. The van der Waals surface area contributed by atoms with Gasteiger partial charge < -0.3 is 33.8 Å². The first kappa shape index (κ1) is 101. The molecule has 19 heteroatoms. The first-order valence-electron chi connectivity index (χ1n) is 41.4. The summed E-state index contributed by atoms with van der Waals surface area (Å²) in [5.74, 6) is -2.25. The van der Waals surface area contributed by atoms with Crippen LogP contribution in [-0.2, 0) is 65.4 Å². The van der Waals surface area contributed by atoms with E-state index in [1.807, 2.05) is 0 Å². The van der Waals surface area contributed by atoms with Gasteiger partial charge in [-0.1, -0.05) is 283 Å². The van der Waals surface area contributed by atoms with E-state index in [4.69, 9.17) is 37.0 Å². The number of phosphoric acid groups is 2. The predicted octanol–water partition coefficient (Wildman–Crippen LogP) is 24.4. The standard InChI is InChI=1S/C87H148O17P2/c1-5-9-13-17-21-25-29-33-37-39-40-42-46-48-52-56-60-64-68-72-85(90)98-78-83(104-87(92)74-70-66-62-58-54-50-44-36-32-28-24-20-16-12-8-4)80-102-106(95,96)100-76-81(88)75-99-105(93,94)101-79-82(103-86(91)73-69-65-61-57-53-49-43-35-31-27-23-19-15-11-7-3)77-97-84(89)71-67-63-59-55-51-47-45-41-38-34-30-26-22-18-14-10-6-2/h9-10,13-14,21-22,25-26,33-38,40,42-45,47-48,52,81-83,88H,5-8,11-12,15-20,23-24,27-32,39,41,46,49-51,53-80H2,1-4H3,(H,93,94)(H,95,96)/b13-9-,14-10-,25-21-,26-22-,37-33-,38-34-,42-40-,43-35-,44-36-,47-45-,52-48-. The zero-order chi connectivity index (χ0) is 77.4. The molecule has 0 aromatic carbocycles. The van der Waals surface area contributed by atoms with E-state index >= 15 is 0 Å². The molecule has 0 aliphatic rings. The van der Waals surface area contributed by atoms with Crippen molar-refractivity contribution in [2.24, 2.45) is 0 Å². The molecule has 3 N–H and O–H groups in total. The Morgan fingerprint density at radius 1 is 0.274 bits per heavy atom. The van der Waals surface area contributed by atoms with Crippen LogP contribution in [0.1, 0.15) is 336 Å². The Labute approximate surface area is 644 Å². The summed E-state index contributed by atoms with van der Waals surface area (Å²) < 4.78 is 68.7. The summed E-state index contributed by atoms with van der Waals surface area (Å²) in [6.07, 6.45) is 88.5. The molecule has 0 rings (SSSR count). The monoisotopic (exact) mass is 1530 g/mol. The van der Waals surface area contributed by atoms with Gasteiger partial charge in [0.2, 0.25) is 0 Å². The van der Waals surface area contributed by atoms with Crippen LogP contribution in [0.4, 0.5) is 0 Å². The van der Waals surface area contributed by atoms with Gasteiger partial charge in [-0.25, -0.2) is 9.13 Å². The van der Waals surface area contributed by atoms with Crippen molar-refractivity contribution in [1.82, 2.24) is 0 Å². The van der Waals surface area contributed by atoms with Crippen molar-refractivity contribution in [2.45, 2.75) is 354 Å². The lowest BCUT2D eigenvalue weighted by molar-refractivity contribution is -0.161. The fourth-order valence-electron chi connectivity index (χ4n) is 10.8. The lowest BCUT2D eigenvalue weighted by Gasteiger charge is -2.21. The molecule has 5 atom stereocenters. The van der Waals surface area contributed by atoms with E-state index in [1.54, 1.807) is 0 Å². The van der Waals surface area contributed by atoms with Crippen molar-refractivity contribution in [3.63, 3.8) is 0 Å². The summed E-state index contributed by atoms with van der Waals surface area (Å²) in [7, 11) is -9.99. The zero-order valence-corrected chi connectivity index (χ0v) is 68.4. The fraction of sp³-hybridized carbons (Fsp3) is 0.701. The second-order valence-corrected chi connectivity index (χ2v) is 30.2. The minimum Gasteiger partial charge on any atom is -0.462 e. The van der Waals surface area contributed by atoms with E-state index < -0.39 is 97.5 Å². The molecule has 0 bridgehead atoms. The second kappa shape index (κ2) is 78.3. The Kier molecular flexibility index (Phi) is 74.8. The maximum absolute atomic E-state index is 13.1. The average Bonchev–Trinajstić information content (AvgIpc) is 0.909. The third-order valence-corrected chi connectivity index (χ3v) is 19.0. The van der Waals surface area contributed by atoms with Gasteiger partial charge in [0.05, 0.1) is 26.4 Å². The van der Waals surface area contributed by atoms with Gasteiger partial charge in [0.15, 0.2) is 12.2 Å². The lowest BCUT2D eigenvalue weighted by Crippen LogP contribution is -2.30. The SMILES string of the molecule is CC/C=C\C/C=C\C/C=C\C/C=C\C/C=C\CCCCCC(=O)OCC(COP(=O)(O)OCC(O)COP(=O)(O)OCC(COC(=O)CCCCCC/C=C\C/C=C\C/C=C\C/C=C\CC)OC(=O)CCCCCCC/C=C\CCCCCCCC)OC(=O)CCCCCCC/C=C\CCCCCCCC. The fourth-order valence-corrected chi connectivity index (χ4v) is 12.4. The molecule has 0 aliphatic heterocycles. The van der Waals surface area contributed by atoms with Crippen molar-refractivity contribution in [1.29, 1.82) is 0 Å². The van der Waals surface area contributed by atoms with Crippen LogP contribution in [-0.4, -0.2) is 96.7 Å². The van der Waals surface area contributed by atoms with Crippen LogP contribution in [0, 0.1) is 0 Å². The summed E-state index contributed by atoms with van der Waals surface area (Å²) in [5, 5.41) is 10.7. The van der Waals surface area contributed by atoms with Crippen LogP contribution in [0.2, 0.25) is 0 Å². The predicted molar refractivity (Wildman–Crippen MR) is 436 cm³/mol. The highest BCUT2D eigenvalue weighted by Gasteiger charge is 2.30. The molecule has 0 aromatic rings. The van der Waals surface area contributed by atoms with Crippen LogP contribution < -0.4 is 0 Å². The van der Waals surface area contributed by atoms with Crippen molar-refractivity contribution >= 4 is 39.5 Å². The first-order valence-corrected chi connectivity index (χ1v) is 44.4. The van der Waals surface area contributed by atoms with E-state index in [0.29, 0.717) is 25.7 Å². The van der Waals surface area contributed by atoms with E-state index in [0.717, 1.165) is 180 Å².